The lowest BCUT2D eigenvalue weighted by atomic mass is 10.6. The summed E-state index contributed by atoms with van der Waals surface area (Å²) < 4.78 is 0. The van der Waals surface area contributed by atoms with E-state index in [0.717, 1.165) is 6.54 Å². The minimum atomic E-state index is 0.0787. The standard InChI is InChI=1S/C3H4NO/c5-2-3-1-4-3/h3-4H,1H2. The maximum atomic E-state index is 9.38. The number of carbonyl (C=O) groups excluding carboxylic acids is 1. The SMILES string of the molecule is O=[C]C1CN1. The van der Waals surface area contributed by atoms with Gasteiger partial charge in [0.2, 0.25) is 6.29 Å². The van der Waals surface area contributed by atoms with Gasteiger partial charge in [-0.25, -0.2) is 0 Å². The van der Waals surface area contributed by atoms with Crippen LogP contribution in [-0.2, 0) is 4.79 Å². The lowest BCUT2D eigenvalue weighted by molar-refractivity contribution is 0.554. The van der Waals surface area contributed by atoms with E-state index in [9.17, 15) is 4.79 Å². The van der Waals surface area contributed by atoms with E-state index in [4.69, 9.17) is 0 Å². The molecule has 0 aromatic heterocycles. The summed E-state index contributed by atoms with van der Waals surface area (Å²) in [6.45, 7) is 0.837. The Kier molecular flexibility index (Phi) is 0.451. The zero-order chi connectivity index (χ0) is 3.70. The lowest BCUT2D eigenvalue weighted by Gasteiger charge is -1.52. The van der Waals surface area contributed by atoms with E-state index in [0.29, 0.717) is 0 Å². The first-order valence-corrected chi connectivity index (χ1v) is 1.54. The molecule has 0 aromatic rings. The van der Waals surface area contributed by atoms with Crippen LogP contribution in [0.3, 0.4) is 0 Å². The molecule has 0 amide bonds. The Labute approximate surface area is 30.2 Å². The smallest absolute Gasteiger partial charge is 0.218 e. The number of hydrogen-bond acceptors (Lipinski definition) is 2. The molecule has 1 unspecified atom stereocenters. The summed E-state index contributed by atoms with van der Waals surface area (Å²) in [5.74, 6) is 0. The normalized spacial score (nSPS) is 33.2. The monoisotopic (exact) mass is 70.0 g/mol. The first kappa shape index (κ1) is 2.85. The van der Waals surface area contributed by atoms with Gasteiger partial charge in [0, 0.05) is 6.54 Å². The second kappa shape index (κ2) is 0.792. The molecule has 1 saturated heterocycles. The van der Waals surface area contributed by atoms with Crippen LogP contribution in [0.4, 0.5) is 0 Å². The Morgan fingerprint density at radius 3 is 2.60 bits per heavy atom. The second-order valence-corrected chi connectivity index (χ2v) is 1.08. The van der Waals surface area contributed by atoms with E-state index in [2.05, 4.69) is 5.32 Å². The van der Waals surface area contributed by atoms with E-state index in [1.807, 2.05) is 0 Å². The van der Waals surface area contributed by atoms with E-state index < -0.39 is 0 Å². The predicted octanol–water partition coefficient (Wildman–Crippen LogP) is -0.932. The number of nitrogens with one attached hydrogen (secondary N) is 1. The predicted molar refractivity (Wildman–Crippen MR) is 17.5 cm³/mol. The van der Waals surface area contributed by atoms with Gasteiger partial charge in [-0.05, 0) is 0 Å². The molecule has 5 heavy (non-hydrogen) atoms. The van der Waals surface area contributed by atoms with Gasteiger partial charge < -0.3 is 5.32 Å². The maximum Gasteiger partial charge on any atom is 0.218 e. The molecule has 0 aromatic carbocycles. The third-order valence-corrected chi connectivity index (χ3v) is 0.551. The molecule has 2 nitrogen and oxygen atoms in total. The molecule has 1 aliphatic rings. The second-order valence-electron chi connectivity index (χ2n) is 1.08. The average Bonchev–Trinajstić information content (AvgIpc) is 2.12. The molecule has 0 spiro atoms. The van der Waals surface area contributed by atoms with Gasteiger partial charge in [0.15, 0.2) is 0 Å². The maximum absolute atomic E-state index is 9.38. The van der Waals surface area contributed by atoms with Crippen LogP contribution in [0.25, 0.3) is 0 Å². The van der Waals surface area contributed by atoms with Gasteiger partial charge in [-0.2, -0.15) is 0 Å². The van der Waals surface area contributed by atoms with E-state index in [1.165, 1.54) is 0 Å². The fourth-order valence-electron chi connectivity index (χ4n) is 0.142. The van der Waals surface area contributed by atoms with Gasteiger partial charge in [0.05, 0.1) is 6.04 Å². The molecule has 0 saturated carbocycles. The van der Waals surface area contributed by atoms with Crippen LogP contribution in [0.15, 0.2) is 0 Å². The third-order valence-electron chi connectivity index (χ3n) is 0.551. The Hall–Kier alpha value is -0.370. The summed E-state index contributed by atoms with van der Waals surface area (Å²) in [6, 6.07) is 0.0787. The van der Waals surface area contributed by atoms with Crippen molar-refractivity contribution in [1.29, 1.82) is 0 Å². The highest BCUT2D eigenvalue weighted by molar-refractivity contribution is 5.62. The van der Waals surface area contributed by atoms with Crippen LogP contribution in [0.2, 0.25) is 0 Å². The first-order valence-electron chi connectivity index (χ1n) is 1.54. The Balaban J connectivity index is 2.21. The summed E-state index contributed by atoms with van der Waals surface area (Å²) in [7, 11) is 0. The molecule has 1 atom stereocenters. The van der Waals surface area contributed by atoms with Crippen LogP contribution < -0.4 is 5.32 Å². The Morgan fingerprint density at radius 1 is 2.00 bits per heavy atom. The highest BCUT2D eigenvalue weighted by Crippen LogP contribution is 1.86. The fourth-order valence-corrected chi connectivity index (χ4v) is 0.142. The molecule has 1 fully saturated rings. The van der Waals surface area contributed by atoms with Gasteiger partial charge in [0.1, 0.15) is 0 Å². The quantitative estimate of drug-likeness (QED) is 0.405. The van der Waals surface area contributed by atoms with Gasteiger partial charge >= 0.3 is 0 Å². The molecule has 1 aliphatic heterocycles. The summed E-state index contributed by atoms with van der Waals surface area (Å²) >= 11 is 0. The first-order chi connectivity index (χ1) is 2.43. The van der Waals surface area contributed by atoms with Gasteiger partial charge in [-0.3, -0.25) is 4.79 Å². The van der Waals surface area contributed by atoms with Crippen molar-refractivity contribution < 1.29 is 4.79 Å². The van der Waals surface area contributed by atoms with Gasteiger partial charge in [-0.1, -0.05) is 0 Å². The van der Waals surface area contributed by atoms with Crippen LogP contribution in [-0.4, -0.2) is 18.9 Å². The molecule has 1 N–H and O–H groups in total. The van der Waals surface area contributed by atoms with Crippen LogP contribution >= 0.6 is 0 Å². The van der Waals surface area contributed by atoms with Crippen molar-refractivity contribution in [2.24, 2.45) is 0 Å². The van der Waals surface area contributed by atoms with Crippen LogP contribution in [0, 0.1) is 0 Å². The van der Waals surface area contributed by atoms with E-state index in [-0.39, 0.29) is 6.04 Å². The van der Waals surface area contributed by atoms with Crippen molar-refractivity contribution in [1.82, 2.24) is 5.32 Å². The molecule has 1 radical (unpaired) electrons. The minimum Gasteiger partial charge on any atom is -0.304 e. The largest absolute Gasteiger partial charge is 0.304 e. The molecule has 1 rings (SSSR count). The Bertz CT molecular complexity index is 48.9. The summed E-state index contributed by atoms with van der Waals surface area (Å²) in [5, 5.41) is 2.76. The Morgan fingerprint density at radius 2 is 2.60 bits per heavy atom. The van der Waals surface area contributed by atoms with Crippen molar-refractivity contribution in [3.63, 3.8) is 0 Å². The molecular weight excluding hydrogens is 66.0 g/mol. The molecule has 27 valence electrons. The van der Waals surface area contributed by atoms with Gasteiger partial charge in [-0.15, -0.1) is 0 Å². The van der Waals surface area contributed by atoms with Crippen molar-refractivity contribution in [3.8, 4) is 0 Å². The van der Waals surface area contributed by atoms with Gasteiger partial charge in [0.25, 0.3) is 0 Å². The topological polar surface area (TPSA) is 39.0 Å². The van der Waals surface area contributed by atoms with Crippen molar-refractivity contribution in [3.05, 3.63) is 0 Å². The third kappa shape index (κ3) is 0.450. The zero-order valence-electron chi connectivity index (χ0n) is 2.69. The number of rotatable bonds is 1. The highest BCUT2D eigenvalue weighted by atomic mass is 16.1. The van der Waals surface area contributed by atoms with E-state index in [1.54, 1.807) is 6.29 Å². The highest BCUT2D eigenvalue weighted by Gasteiger charge is 2.18. The van der Waals surface area contributed by atoms with Crippen molar-refractivity contribution >= 4 is 6.29 Å². The summed E-state index contributed by atoms with van der Waals surface area (Å²) in [4.78, 5) is 9.38. The minimum absolute atomic E-state index is 0.0787. The lowest BCUT2D eigenvalue weighted by Crippen LogP contribution is -1.86. The van der Waals surface area contributed by atoms with Crippen molar-refractivity contribution in [2.75, 3.05) is 6.54 Å². The molecule has 1 heterocycles. The van der Waals surface area contributed by atoms with Crippen LogP contribution in [0.5, 0.6) is 0 Å². The fraction of sp³-hybridized carbons (Fsp3) is 0.667. The zero-order valence-corrected chi connectivity index (χ0v) is 2.69. The molecule has 0 aliphatic carbocycles. The number of hydrogen-bond donors (Lipinski definition) is 1. The summed E-state index contributed by atoms with van der Waals surface area (Å²) in [5.41, 5.74) is 0. The molecule has 0 bridgehead atoms. The van der Waals surface area contributed by atoms with Crippen molar-refractivity contribution in [2.45, 2.75) is 6.04 Å². The average molecular weight is 70.1 g/mol. The summed E-state index contributed by atoms with van der Waals surface area (Å²) in [6.07, 6.45) is 1.78. The molecular formula is C3H4NO. The van der Waals surface area contributed by atoms with Crippen LogP contribution in [0.1, 0.15) is 0 Å². The molecule has 2 heteroatoms. The van der Waals surface area contributed by atoms with E-state index >= 15 is 0 Å².